The lowest BCUT2D eigenvalue weighted by Gasteiger charge is -1.97. The van der Waals surface area contributed by atoms with Gasteiger partial charge in [0.15, 0.2) is 5.65 Å². The van der Waals surface area contributed by atoms with Gasteiger partial charge in [0, 0.05) is 11.6 Å². The van der Waals surface area contributed by atoms with Crippen LogP contribution in [-0.4, -0.2) is 20.7 Å². The van der Waals surface area contributed by atoms with E-state index in [1.54, 1.807) is 12.4 Å². The molecule has 2 N–H and O–H groups in total. The Kier molecular flexibility index (Phi) is 1.70. The van der Waals surface area contributed by atoms with Gasteiger partial charge in [0.05, 0.1) is 6.20 Å². The maximum Gasteiger partial charge on any atom is 0.239 e. The van der Waals surface area contributed by atoms with Crippen LogP contribution in [0, 0.1) is 0 Å². The predicted octanol–water partition coefficient (Wildman–Crippen LogP) is -0.0834. The van der Waals surface area contributed by atoms with E-state index in [0.29, 0.717) is 5.65 Å². The Morgan fingerprint density at radius 2 is 2.46 bits per heavy atom. The summed E-state index contributed by atoms with van der Waals surface area (Å²) in [6.45, 7) is 0.0700. The lowest BCUT2D eigenvalue weighted by Crippen LogP contribution is -2.19. The number of nitrogens with zero attached hydrogens (tertiary/aromatic N) is 3. The fourth-order valence-electron chi connectivity index (χ4n) is 1.18. The normalized spacial score (nSPS) is 10.5. The minimum Gasteiger partial charge on any atom is -0.368 e. The molecule has 0 radical (unpaired) electrons. The molecular weight excluding hydrogens is 168 g/mol. The summed E-state index contributed by atoms with van der Waals surface area (Å²) in [6.07, 6.45) is 3.31. The molecule has 0 saturated carbocycles. The first-order valence-electron chi connectivity index (χ1n) is 3.82. The Labute approximate surface area is 74.2 Å². The highest BCUT2D eigenvalue weighted by Gasteiger charge is 2.04. The molecule has 1 amide bonds. The number of rotatable bonds is 2. The molecular formula is C8H8N4O. The third-order valence-electron chi connectivity index (χ3n) is 1.70. The lowest BCUT2D eigenvalue weighted by molar-refractivity contribution is -0.118. The molecule has 0 aliphatic rings. The number of carbonyl (C=O) groups is 1. The Morgan fingerprint density at radius 3 is 3.23 bits per heavy atom. The largest absolute Gasteiger partial charge is 0.368 e. The molecule has 5 heteroatoms. The molecule has 2 aromatic heterocycles. The Hall–Kier alpha value is -1.91. The number of amides is 1. The number of aromatic nitrogens is 3. The highest BCUT2D eigenvalue weighted by atomic mass is 16.1. The van der Waals surface area contributed by atoms with Crippen LogP contribution in [0.15, 0.2) is 24.5 Å². The van der Waals surface area contributed by atoms with Gasteiger partial charge in [-0.15, -0.1) is 0 Å². The van der Waals surface area contributed by atoms with Crippen LogP contribution in [-0.2, 0) is 11.3 Å². The van der Waals surface area contributed by atoms with Crippen molar-refractivity contribution in [3.05, 3.63) is 24.5 Å². The molecule has 0 atom stereocenters. The lowest BCUT2D eigenvalue weighted by atomic mass is 10.4. The van der Waals surface area contributed by atoms with Gasteiger partial charge in [-0.2, -0.15) is 5.10 Å². The second-order valence-electron chi connectivity index (χ2n) is 2.68. The van der Waals surface area contributed by atoms with Gasteiger partial charge in [-0.25, -0.2) is 9.67 Å². The van der Waals surface area contributed by atoms with E-state index in [4.69, 9.17) is 5.73 Å². The van der Waals surface area contributed by atoms with Crippen molar-refractivity contribution in [2.75, 3.05) is 0 Å². The fraction of sp³-hybridized carbons (Fsp3) is 0.125. The van der Waals surface area contributed by atoms with Crippen LogP contribution in [0.1, 0.15) is 0 Å². The van der Waals surface area contributed by atoms with Gasteiger partial charge in [0.25, 0.3) is 0 Å². The highest BCUT2D eigenvalue weighted by molar-refractivity contribution is 5.78. The average molecular weight is 176 g/mol. The summed E-state index contributed by atoms with van der Waals surface area (Å²) in [7, 11) is 0. The molecule has 0 saturated heterocycles. The minimum atomic E-state index is -0.421. The van der Waals surface area contributed by atoms with E-state index in [1.807, 2.05) is 12.1 Å². The zero-order valence-electron chi connectivity index (χ0n) is 6.84. The predicted molar refractivity (Wildman–Crippen MR) is 46.7 cm³/mol. The highest BCUT2D eigenvalue weighted by Crippen LogP contribution is 2.08. The zero-order chi connectivity index (χ0) is 9.26. The van der Waals surface area contributed by atoms with Crippen molar-refractivity contribution in [3.63, 3.8) is 0 Å². The van der Waals surface area contributed by atoms with Crippen LogP contribution in [0.25, 0.3) is 11.0 Å². The van der Waals surface area contributed by atoms with E-state index in [0.717, 1.165) is 5.39 Å². The molecule has 0 spiro atoms. The van der Waals surface area contributed by atoms with Crippen LogP contribution in [0.3, 0.4) is 0 Å². The van der Waals surface area contributed by atoms with Crippen molar-refractivity contribution in [2.45, 2.75) is 6.54 Å². The molecule has 2 aromatic rings. The smallest absolute Gasteiger partial charge is 0.239 e. The first-order valence-corrected chi connectivity index (χ1v) is 3.82. The van der Waals surface area contributed by atoms with E-state index < -0.39 is 5.91 Å². The first kappa shape index (κ1) is 7.72. The van der Waals surface area contributed by atoms with Gasteiger partial charge in [0.2, 0.25) is 5.91 Å². The second kappa shape index (κ2) is 2.85. The summed E-state index contributed by atoms with van der Waals surface area (Å²) in [4.78, 5) is 14.7. The monoisotopic (exact) mass is 176 g/mol. The molecule has 0 aliphatic carbocycles. The van der Waals surface area contributed by atoms with Gasteiger partial charge in [-0.05, 0) is 12.1 Å². The third-order valence-corrected chi connectivity index (χ3v) is 1.70. The average Bonchev–Trinajstić information content (AvgIpc) is 2.48. The van der Waals surface area contributed by atoms with Crippen molar-refractivity contribution in [2.24, 2.45) is 5.73 Å². The molecule has 0 aliphatic heterocycles. The topological polar surface area (TPSA) is 73.8 Å². The number of nitrogens with two attached hydrogens (primary N) is 1. The van der Waals surface area contributed by atoms with E-state index in [-0.39, 0.29) is 6.54 Å². The summed E-state index contributed by atoms with van der Waals surface area (Å²) in [5, 5.41) is 4.90. The summed E-state index contributed by atoms with van der Waals surface area (Å²) in [5.41, 5.74) is 5.73. The summed E-state index contributed by atoms with van der Waals surface area (Å²) < 4.78 is 1.48. The Morgan fingerprint density at radius 1 is 1.62 bits per heavy atom. The summed E-state index contributed by atoms with van der Waals surface area (Å²) in [6, 6.07) is 3.70. The number of carbonyl (C=O) groups excluding carboxylic acids is 1. The third kappa shape index (κ3) is 1.35. The van der Waals surface area contributed by atoms with Crippen LogP contribution in [0.4, 0.5) is 0 Å². The molecule has 0 bridgehead atoms. The molecule has 2 rings (SSSR count). The Balaban J connectivity index is 2.51. The van der Waals surface area contributed by atoms with Crippen molar-refractivity contribution < 1.29 is 4.79 Å². The number of hydrogen-bond acceptors (Lipinski definition) is 3. The minimum absolute atomic E-state index is 0.0700. The van der Waals surface area contributed by atoms with Crippen molar-refractivity contribution in [3.8, 4) is 0 Å². The summed E-state index contributed by atoms with van der Waals surface area (Å²) >= 11 is 0. The van der Waals surface area contributed by atoms with Gasteiger partial charge >= 0.3 is 0 Å². The Bertz CT molecular complexity index is 448. The molecule has 5 nitrogen and oxygen atoms in total. The zero-order valence-corrected chi connectivity index (χ0v) is 6.84. The SMILES string of the molecule is NC(=O)Cn1ncc2cccnc21. The van der Waals surface area contributed by atoms with E-state index in [2.05, 4.69) is 10.1 Å². The number of hydrogen-bond donors (Lipinski definition) is 1. The molecule has 0 fully saturated rings. The van der Waals surface area contributed by atoms with Crippen molar-refractivity contribution in [1.29, 1.82) is 0 Å². The molecule has 13 heavy (non-hydrogen) atoms. The maximum atomic E-state index is 10.6. The van der Waals surface area contributed by atoms with Gasteiger partial charge in [-0.1, -0.05) is 0 Å². The first-order chi connectivity index (χ1) is 6.27. The van der Waals surface area contributed by atoms with Crippen LogP contribution in [0.2, 0.25) is 0 Å². The maximum absolute atomic E-state index is 10.6. The van der Waals surface area contributed by atoms with Crippen molar-refractivity contribution >= 4 is 16.9 Å². The van der Waals surface area contributed by atoms with E-state index >= 15 is 0 Å². The van der Waals surface area contributed by atoms with Crippen LogP contribution < -0.4 is 5.73 Å². The van der Waals surface area contributed by atoms with Crippen molar-refractivity contribution in [1.82, 2.24) is 14.8 Å². The number of pyridine rings is 1. The quantitative estimate of drug-likeness (QED) is 0.695. The van der Waals surface area contributed by atoms with Gasteiger partial charge in [-0.3, -0.25) is 4.79 Å². The van der Waals surface area contributed by atoms with Gasteiger partial charge in [0.1, 0.15) is 6.54 Å². The fourth-order valence-corrected chi connectivity index (χ4v) is 1.18. The standard InChI is InChI=1S/C8H8N4O/c9-7(13)5-12-8-6(4-11-12)2-1-3-10-8/h1-4H,5H2,(H2,9,13). The number of fused-ring (bicyclic) bond motifs is 1. The van der Waals surface area contributed by atoms with E-state index in [1.165, 1.54) is 4.68 Å². The second-order valence-corrected chi connectivity index (χ2v) is 2.68. The van der Waals surface area contributed by atoms with Crippen LogP contribution in [0.5, 0.6) is 0 Å². The molecule has 66 valence electrons. The van der Waals surface area contributed by atoms with Crippen LogP contribution >= 0.6 is 0 Å². The number of primary amides is 1. The molecule has 2 heterocycles. The van der Waals surface area contributed by atoms with Gasteiger partial charge < -0.3 is 5.73 Å². The summed E-state index contributed by atoms with van der Waals surface area (Å²) in [5.74, 6) is -0.421. The molecule has 0 unspecified atom stereocenters. The molecule has 0 aromatic carbocycles. The van der Waals surface area contributed by atoms with E-state index in [9.17, 15) is 4.79 Å².